The largest absolute Gasteiger partial charge is 0.457 e. The topological polar surface area (TPSA) is 85.1 Å². The van der Waals surface area contributed by atoms with Gasteiger partial charge in [0.2, 0.25) is 0 Å². The molecule has 0 amide bonds. The second kappa shape index (κ2) is 8.71. The van der Waals surface area contributed by atoms with Crippen molar-refractivity contribution in [3.05, 3.63) is 89.7 Å². The molecule has 0 saturated heterocycles. The highest BCUT2D eigenvalue weighted by molar-refractivity contribution is 6.31. The number of aromatic nitrogens is 2. The van der Waals surface area contributed by atoms with Crippen molar-refractivity contribution >= 4 is 40.3 Å². The maximum atomic E-state index is 6.27. The summed E-state index contributed by atoms with van der Waals surface area (Å²) in [6.07, 6.45) is 1.45. The number of nitrogens with two attached hydrogens (primary N) is 1. The van der Waals surface area contributed by atoms with Gasteiger partial charge in [0.15, 0.2) is 11.6 Å². The molecule has 0 aliphatic rings. The number of para-hydroxylation sites is 1. The highest BCUT2D eigenvalue weighted by Crippen LogP contribution is 2.30. The zero-order valence-corrected chi connectivity index (χ0v) is 17.0. The molecule has 0 radical (unpaired) electrons. The predicted molar refractivity (Wildman–Crippen MR) is 122 cm³/mol. The maximum Gasteiger partial charge on any atom is 0.159 e. The van der Waals surface area contributed by atoms with Crippen molar-refractivity contribution in [2.75, 3.05) is 16.4 Å². The summed E-state index contributed by atoms with van der Waals surface area (Å²) in [6.45, 7) is 1.95. The van der Waals surface area contributed by atoms with Crippen molar-refractivity contribution in [2.24, 2.45) is 0 Å². The smallest absolute Gasteiger partial charge is 0.159 e. The number of benzene rings is 3. The number of halogens is 1. The fourth-order valence-corrected chi connectivity index (χ4v) is 2.95. The molecule has 0 unspecified atom stereocenters. The molecule has 0 aliphatic carbocycles. The lowest BCUT2D eigenvalue weighted by atomic mass is 10.2. The molecule has 6 nitrogen and oxygen atoms in total. The van der Waals surface area contributed by atoms with Gasteiger partial charge in [0, 0.05) is 16.4 Å². The van der Waals surface area contributed by atoms with Crippen LogP contribution in [0.1, 0.15) is 5.56 Å². The first-order valence-corrected chi connectivity index (χ1v) is 9.70. The van der Waals surface area contributed by atoms with Crippen LogP contribution in [0.2, 0.25) is 5.02 Å². The van der Waals surface area contributed by atoms with E-state index in [1.54, 1.807) is 0 Å². The monoisotopic (exact) mass is 417 g/mol. The normalized spacial score (nSPS) is 10.5. The van der Waals surface area contributed by atoms with Gasteiger partial charge in [0.1, 0.15) is 23.5 Å². The van der Waals surface area contributed by atoms with Gasteiger partial charge in [-0.15, -0.1) is 0 Å². The first kappa shape index (κ1) is 19.5. The molecule has 4 aromatic rings. The average Bonchev–Trinajstić information content (AvgIpc) is 2.76. The van der Waals surface area contributed by atoms with Crippen molar-refractivity contribution in [2.45, 2.75) is 6.92 Å². The Kier molecular flexibility index (Phi) is 5.68. The van der Waals surface area contributed by atoms with E-state index in [9.17, 15) is 0 Å². The van der Waals surface area contributed by atoms with Gasteiger partial charge in [-0.05, 0) is 61.0 Å². The molecule has 0 saturated carbocycles. The number of nitrogens with one attached hydrogen (secondary N) is 2. The Balaban J connectivity index is 1.48. The number of hydrogen-bond acceptors (Lipinski definition) is 6. The summed E-state index contributed by atoms with van der Waals surface area (Å²) in [6, 6.07) is 22.8. The van der Waals surface area contributed by atoms with Gasteiger partial charge in [-0.3, -0.25) is 0 Å². The Labute approximate surface area is 179 Å². The van der Waals surface area contributed by atoms with Gasteiger partial charge in [-0.2, -0.15) is 0 Å². The third-order valence-corrected chi connectivity index (χ3v) is 4.82. The quantitative estimate of drug-likeness (QED) is 0.341. The molecule has 7 heteroatoms. The Bertz CT molecular complexity index is 1150. The molecule has 0 fully saturated rings. The number of nitrogens with zero attached hydrogens (tertiary/aromatic N) is 2. The van der Waals surface area contributed by atoms with Crippen LogP contribution in [-0.4, -0.2) is 9.97 Å². The number of hydrogen-bond donors (Lipinski definition) is 3. The van der Waals surface area contributed by atoms with Crippen LogP contribution < -0.4 is 21.1 Å². The minimum atomic E-state index is 0.402. The summed E-state index contributed by atoms with van der Waals surface area (Å²) < 4.78 is 5.81. The molecular weight excluding hydrogens is 398 g/mol. The van der Waals surface area contributed by atoms with E-state index in [4.69, 9.17) is 22.1 Å². The van der Waals surface area contributed by atoms with Crippen LogP contribution in [0.25, 0.3) is 0 Å². The Morgan fingerprint density at radius 1 is 0.800 bits per heavy atom. The van der Waals surface area contributed by atoms with E-state index in [0.717, 1.165) is 28.4 Å². The number of anilines is 5. The summed E-state index contributed by atoms with van der Waals surface area (Å²) in [5, 5.41) is 7.06. The summed E-state index contributed by atoms with van der Waals surface area (Å²) in [5.74, 6) is 2.52. The third kappa shape index (κ3) is 4.61. The van der Waals surface area contributed by atoms with Crippen LogP contribution in [-0.2, 0) is 0 Å². The predicted octanol–water partition coefficient (Wildman–Crippen LogP) is 6.30. The molecule has 1 aromatic heterocycles. The molecular formula is C23H20ClN5O. The highest BCUT2D eigenvalue weighted by Gasteiger charge is 2.10. The molecule has 0 aliphatic heterocycles. The van der Waals surface area contributed by atoms with E-state index < -0.39 is 0 Å². The lowest BCUT2D eigenvalue weighted by Gasteiger charge is -2.13. The molecule has 0 spiro atoms. The van der Waals surface area contributed by atoms with Gasteiger partial charge < -0.3 is 21.1 Å². The van der Waals surface area contributed by atoms with E-state index in [-0.39, 0.29) is 0 Å². The SMILES string of the molecule is Cc1ccc(Nc2ncnc(Nc3ccc(Oc4ccccc4)cc3)c2N)cc1Cl. The summed E-state index contributed by atoms with van der Waals surface area (Å²) in [7, 11) is 0. The van der Waals surface area contributed by atoms with Gasteiger partial charge in [-0.25, -0.2) is 9.97 Å². The zero-order chi connectivity index (χ0) is 20.9. The fraction of sp³-hybridized carbons (Fsp3) is 0.0435. The number of aryl methyl sites for hydroxylation is 1. The highest BCUT2D eigenvalue weighted by atomic mass is 35.5. The van der Waals surface area contributed by atoms with Crippen molar-refractivity contribution in [1.29, 1.82) is 0 Å². The second-order valence-corrected chi connectivity index (χ2v) is 7.05. The Hall–Kier alpha value is -3.77. The van der Waals surface area contributed by atoms with Crippen molar-refractivity contribution in [3.63, 3.8) is 0 Å². The number of rotatable bonds is 6. The van der Waals surface area contributed by atoms with Crippen molar-refractivity contribution in [1.82, 2.24) is 9.97 Å². The summed E-state index contributed by atoms with van der Waals surface area (Å²) in [5.41, 5.74) is 9.29. The number of nitrogen functional groups attached to an aromatic ring is 1. The standard InChI is InChI=1S/C23H20ClN5O/c1-15-7-8-17(13-20(15)24)29-23-21(25)22(26-14-27-23)28-16-9-11-19(12-10-16)30-18-5-3-2-4-6-18/h2-14H,25H2,1H3,(H2,26,27,28,29). The second-order valence-electron chi connectivity index (χ2n) is 6.64. The molecule has 3 aromatic carbocycles. The third-order valence-electron chi connectivity index (χ3n) is 4.41. The van der Waals surface area contributed by atoms with Crippen LogP contribution in [0.4, 0.5) is 28.7 Å². The maximum absolute atomic E-state index is 6.27. The van der Waals surface area contributed by atoms with E-state index in [2.05, 4.69) is 20.6 Å². The van der Waals surface area contributed by atoms with Gasteiger partial charge in [0.25, 0.3) is 0 Å². The lowest BCUT2D eigenvalue weighted by Crippen LogP contribution is -2.05. The molecule has 30 heavy (non-hydrogen) atoms. The van der Waals surface area contributed by atoms with Gasteiger partial charge >= 0.3 is 0 Å². The van der Waals surface area contributed by atoms with Crippen LogP contribution in [0.5, 0.6) is 11.5 Å². The fourth-order valence-electron chi connectivity index (χ4n) is 2.77. The summed E-state index contributed by atoms with van der Waals surface area (Å²) in [4.78, 5) is 8.49. The van der Waals surface area contributed by atoms with Crippen LogP contribution >= 0.6 is 11.6 Å². The lowest BCUT2D eigenvalue weighted by molar-refractivity contribution is 0.483. The van der Waals surface area contributed by atoms with Crippen LogP contribution in [0, 0.1) is 6.92 Å². The molecule has 1 heterocycles. The van der Waals surface area contributed by atoms with E-state index in [1.807, 2.05) is 79.7 Å². The Morgan fingerprint density at radius 3 is 2.07 bits per heavy atom. The van der Waals surface area contributed by atoms with Crippen LogP contribution in [0.3, 0.4) is 0 Å². The molecule has 150 valence electrons. The molecule has 4 N–H and O–H groups in total. The van der Waals surface area contributed by atoms with Crippen LogP contribution in [0.15, 0.2) is 79.1 Å². The zero-order valence-electron chi connectivity index (χ0n) is 16.3. The minimum Gasteiger partial charge on any atom is -0.457 e. The van der Waals surface area contributed by atoms with Gasteiger partial charge in [0.05, 0.1) is 0 Å². The van der Waals surface area contributed by atoms with E-state index in [1.165, 1.54) is 6.33 Å². The molecule has 0 atom stereocenters. The van der Waals surface area contributed by atoms with E-state index >= 15 is 0 Å². The first-order valence-electron chi connectivity index (χ1n) is 9.32. The first-order chi connectivity index (χ1) is 14.6. The minimum absolute atomic E-state index is 0.402. The molecule has 0 bridgehead atoms. The molecule has 4 rings (SSSR count). The number of ether oxygens (including phenoxy) is 1. The van der Waals surface area contributed by atoms with Gasteiger partial charge in [-0.1, -0.05) is 35.9 Å². The van der Waals surface area contributed by atoms with Crippen molar-refractivity contribution in [3.8, 4) is 11.5 Å². The average molecular weight is 418 g/mol. The summed E-state index contributed by atoms with van der Waals surface area (Å²) >= 11 is 6.20. The Morgan fingerprint density at radius 2 is 1.40 bits per heavy atom. The van der Waals surface area contributed by atoms with E-state index in [0.29, 0.717) is 22.3 Å². The van der Waals surface area contributed by atoms with Crippen molar-refractivity contribution < 1.29 is 4.74 Å².